The minimum atomic E-state index is -0.905. The highest BCUT2D eigenvalue weighted by Crippen LogP contribution is 2.30. The van der Waals surface area contributed by atoms with Gasteiger partial charge in [0.1, 0.15) is 6.04 Å². The molecule has 1 unspecified atom stereocenters. The van der Waals surface area contributed by atoms with Gasteiger partial charge in [0.05, 0.1) is 19.8 Å². The van der Waals surface area contributed by atoms with Gasteiger partial charge in [-0.2, -0.15) is 0 Å². The second-order valence-corrected chi connectivity index (χ2v) is 9.36. The van der Waals surface area contributed by atoms with Crippen LogP contribution in [0.3, 0.4) is 0 Å². The van der Waals surface area contributed by atoms with Gasteiger partial charge in [0.25, 0.3) is 0 Å². The van der Waals surface area contributed by atoms with Crippen LogP contribution in [0.1, 0.15) is 36.0 Å². The minimum absolute atomic E-state index is 0.134. The number of ether oxygens (including phenoxy) is 2. The topological polar surface area (TPSA) is 88.7 Å². The van der Waals surface area contributed by atoms with Crippen molar-refractivity contribution in [3.8, 4) is 0 Å². The number of methoxy groups -OCH3 is 1. The van der Waals surface area contributed by atoms with E-state index in [9.17, 15) is 9.59 Å². The fraction of sp³-hybridized carbons (Fsp3) is 0.333. The first kappa shape index (κ1) is 26.4. The summed E-state index contributed by atoms with van der Waals surface area (Å²) in [6.07, 6.45) is 1.07. The van der Waals surface area contributed by atoms with E-state index in [0.717, 1.165) is 41.8 Å². The molecule has 7 nitrogen and oxygen atoms in total. The lowest BCUT2D eigenvalue weighted by atomic mass is 9.84. The Morgan fingerprint density at radius 2 is 1.59 bits per heavy atom. The molecule has 7 heteroatoms. The van der Waals surface area contributed by atoms with Gasteiger partial charge in [-0.05, 0) is 42.5 Å². The van der Waals surface area contributed by atoms with Crippen molar-refractivity contribution in [2.45, 2.75) is 43.9 Å². The number of para-hydroxylation sites is 1. The van der Waals surface area contributed by atoms with Crippen molar-refractivity contribution in [2.24, 2.45) is 0 Å². The number of hydrogen-bond donors (Lipinski definition) is 3. The lowest BCUT2D eigenvalue weighted by molar-refractivity contribution is -0.118. The molecule has 194 valence electrons. The fourth-order valence-corrected chi connectivity index (χ4v) is 4.69. The summed E-state index contributed by atoms with van der Waals surface area (Å²) in [7, 11) is 1.29. The van der Waals surface area contributed by atoms with Gasteiger partial charge in [0.2, 0.25) is 5.91 Å². The standard InChI is InChI=1S/C30H35N3O4/c1-21-20-37-25(19-31-21)18-17-22-11-9-10-16-26(22)32-29(34)28(33-30(35)36-2)27(23-12-5-3-6-13-23)24-14-7-4-8-15-24/h3-16,21,25,27-28,31H,17-20H2,1-2H3,(H,32,34)(H,33,35)/t21-,25-,28?/m1/s1. The number of carbonyl (C=O) groups excluding carboxylic acids is 2. The van der Waals surface area contributed by atoms with Crippen molar-refractivity contribution in [1.29, 1.82) is 0 Å². The van der Waals surface area contributed by atoms with E-state index in [1.165, 1.54) is 7.11 Å². The molecule has 1 saturated heterocycles. The van der Waals surface area contributed by atoms with Crippen molar-refractivity contribution >= 4 is 17.7 Å². The van der Waals surface area contributed by atoms with Crippen molar-refractivity contribution in [3.63, 3.8) is 0 Å². The summed E-state index contributed by atoms with van der Waals surface area (Å²) in [5.74, 6) is -0.739. The Labute approximate surface area is 218 Å². The van der Waals surface area contributed by atoms with Crippen LogP contribution < -0.4 is 16.0 Å². The minimum Gasteiger partial charge on any atom is -0.453 e. The van der Waals surface area contributed by atoms with Crippen molar-refractivity contribution in [1.82, 2.24) is 10.6 Å². The Balaban J connectivity index is 1.58. The Hall–Kier alpha value is -3.68. The van der Waals surface area contributed by atoms with Crippen LogP contribution in [0, 0.1) is 0 Å². The predicted molar refractivity (Wildman–Crippen MR) is 145 cm³/mol. The van der Waals surface area contributed by atoms with E-state index in [2.05, 4.69) is 22.9 Å². The number of amides is 2. The number of carbonyl (C=O) groups is 2. The highest BCUT2D eigenvalue weighted by Gasteiger charge is 2.33. The van der Waals surface area contributed by atoms with Gasteiger partial charge in [-0.3, -0.25) is 4.79 Å². The predicted octanol–water partition coefficient (Wildman–Crippen LogP) is 4.49. The SMILES string of the molecule is COC(=O)NC(C(=O)Nc1ccccc1CC[C@@H]1CN[C@H](C)CO1)C(c1ccccc1)c1ccccc1. The first-order valence-corrected chi connectivity index (χ1v) is 12.7. The molecule has 1 heterocycles. The second-order valence-electron chi connectivity index (χ2n) is 9.36. The van der Waals surface area contributed by atoms with Gasteiger partial charge in [-0.25, -0.2) is 4.79 Å². The highest BCUT2D eigenvalue weighted by atomic mass is 16.5. The number of aryl methyl sites for hydroxylation is 1. The van der Waals surface area contributed by atoms with E-state index in [4.69, 9.17) is 9.47 Å². The number of morpholine rings is 1. The summed E-state index contributed by atoms with van der Waals surface area (Å²) >= 11 is 0. The number of alkyl carbamates (subject to hydrolysis) is 1. The molecule has 0 radical (unpaired) electrons. The summed E-state index contributed by atoms with van der Waals surface area (Å²) in [4.78, 5) is 26.2. The lowest BCUT2D eigenvalue weighted by Crippen LogP contribution is -2.48. The van der Waals surface area contributed by atoms with Crippen LogP contribution in [-0.4, -0.2) is 50.4 Å². The molecule has 3 N–H and O–H groups in total. The molecule has 3 aromatic rings. The Kier molecular flexibility index (Phi) is 9.29. The monoisotopic (exact) mass is 501 g/mol. The Morgan fingerprint density at radius 3 is 2.19 bits per heavy atom. The zero-order chi connectivity index (χ0) is 26.0. The zero-order valence-corrected chi connectivity index (χ0v) is 21.4. The average molecular weight is 502 g/mol. The Bertz CT molecular complexity index is 1110. The van der Waals surface area contributed by atoms with Crippen LogP contribution in [0.2, 0.25) is 0 Å². The molecule has 3 atom stereocenters. The van der Waals surface area contributed by atoms with Crippen LogP contribution in [0.25, 0.3) is 0 Å². The summed E-state index contributed by atoms with van der Waals surface area (Å²) in [5, 5.41) is 9.33. The average Bonchev–Trinajstić information content (AvgIpc) is 2.94. The molecule has 37 heavy (non-hydrogen) atoms. The van der Waals surface area contributed by atoms with Gasteiger partial charge in [0, 0.05) is 24.2 Å². The van der Waals surface area contributed by atoms with E-state index in [1.54, 1.807) is 0 Å². The van der Waals surface area contributed by atoms with Crippen LogP contribution in [-0.2, 0) is 20.7 Å². The van der Waals surface area contributed by atoms with E-state index >= 15 is 0 Å². The third kappa shape index (κ3) is 7.18. The van der Waals surface area contributed by atoms with Gasteiger partial charge in [-0.15, -0.1) is 0 Å². The van der Waals surface area contributed by atoms with Gasteiger partial charge in [-0.1, -0.05) is 78.9 Å². The van der Waals surface area contributed by atoms with Gasteiger partial charge < -0.3 is 25.4 Å². The molecule has 1 fully saturated rings. The molecule has 2 amide bonds. The van der Waals surface area contributed by atoms with Crippen LogP contribution in [0.15, 0.2) is 84.9 Å². The first-order chi connectivity index (χ1) is 18.0. The third-order valence-electron chi connectivity index (χ3n) is 6.68. The number of hydrogen-bond acceptors (Lipinski definition) is 5. The maximum atomic E-state index is 13.8. The fourth-order valence-electron chi connectivity index (χ4n) is 4.69. The molecule has 0 aromatic heterocycles. The maximum Gasteiger partial charge on any atom is 0.407 e. The molecule has 0 aliphatic carbocycles. The Morgan fingerprint density at radius 1 is 0.973 bits per heavy atom. The largest absolute Gasteiger partial charge is 0.453 e. The quantitative estimate of drug-likeness (QED) is 0.402. The van der Waals surface area contributed by atoms with Crippen molar-refractivity contribution in [3.05, 3.63) is 102 Å². The van der Waals surface area contributed by atoms with Crippen molar-refractivity contribution < 1.29 is 19.1 Å². The number of rotatable bonds is 9. The van der Waals surface area contributed by atoms with E-state index in [1.807, 2.05) is 84.9 Å². The molecule has 0 bridgehead atoms. The van der Waals surface area contributed by atoms with E-state index in [-0.39, 0.29) is 12.0 Å². The number of anilines is 1. The molecular weight excluding hydrogens is 466 g/mol. The highest BCUT2D eigenvalue weighted by molar-refractivity contribution is 5.98. The second kappa shape index (κ2) is 13.0. The number of benzene rings is 3. The normalized spacial score (nSPS) is 18.1. The molecule has 1 aliphatic rings. The van der Waals surface area contributed by atoms with Crippen molar-refractivity contribution in [2.75, 3.05) is 25.6 Å². The van der Waals surface area contributed by atoms with Crippen LogP contribution in [0.4, 0.5) is 10.5 Å². The van der Waals surface area contributed by atoms with Gasteiger partial charge >= 0.3 is 6.09 Å². The maximum absolute atomic E-state index is 13.8. The molecular formula is C30H35N3O4. The third-order valence-corrected chi connectivity index (χ3v) is 6.68. The summed E-state index contributed by atoms with van der Waals surface area (Å²) in [6.45, 7) is 3.62. The number of nitrogens with one attached hydrogen (secondary N) is 3. The zero-order valence-electron chi connectivity index (χ0n) is 21.4. The van der Waals surface area contributed by atoms with Crippen LogP contribution in [0.5, 0.6) is 0 Å². The smallest absolute Gasteiger partial charge is 0.407 e. The molecule has 0 saturated carbocycles. The molecule has 4 rings (SSSR count). The van der Waals surface area contributed by atoms with Crippen LogP contribution >= 0.6 is 0 Å². The van der Waals surface area contributed by atoms with Gasteiger partial charge in [0.15, 0.2) is 0 Å². The summed E-state index contributed by atoms with van der Waals surface area (Å²) < 4.78 is 10.8. The summed E-state index contributed by atoms with van der Waals surface area (Å²) in [6, 6.07) is 26.6. The first-order valence-electron chi connectivity index (χ1n) is 12.7. The molecule has 1 aliphatic heterocycles. The lowest BCUT2D eigenvalue weighted by Gasteiger charge is -2.29. The molecule has 0 spiro atoms. The van der Waals surface area contributed by atoms with E-state index < -0.39 is 18.1 Å². The van der Waals surface area contributed by atoms with E-state index in [0.29, 0.717) is 12.6 Å². The molecule has 3 aromatic carbocycles. The summed E-state index contributed by atoms with van der Waals surface area (Å²) in [5.41, 5.74) is 3.57.